The molecule has 0 spiro atoms. The molecule has 0 unspecified atom stereocenters. The minimum absolute atomic E-state index is 0.613. The van der Waals surface area contributed by atoms with Gasteiger partial charge in [0.1, 0.15) is 23.3 Å². The molecule has 1 aromatic carbocycles. The maximum atomic E-state index is 9.07. The van der Waals surface area contributed by atoms with E-state index in [9.17, 15) is 0 Å². The Hall–Kier alpha value is -3.66. The smallest absolute Gasteiger partial charge is 0.136 e. The molecule has 1 fully saturated rings. The summed E-state index contributed by atoms with van der Waals surface area (Å²) in [5.74, 6) is 3.36. The van der Waals surface area contributed by atoms with Crippen molar-refractivity contribution in [3.8, 4) is 6.07 Å². The van der Waals surface area contributed by atoms with Gasteiger partial charge in [-0.2, -0.15) is 5.26 Å². The Labute approximate surface area is 164 Å². The average molecular weight is 371 g/mol. The zero-order valence-corrected chi connectivity index (χ0v) is 15.7. The van der Waals surface area contributed by atoms with Crippen molar-refractivity contribution in [3.63, 3.8) is 0 Å². The Kier molecular flexibility index (Phi) is 5.02. The van der Waals surface area contributed by atoms with Gasteiger partial charge in [-0.1, -0.05) is 12.1 Å². The Morgan fingerprint density at radius 2 is 1.71 bits per heavy atom. The number of nitriles is 1. The van der Waals surface area contributed by atoms with Gasteiger partial charge in [0.15, 0.2) is 0 Å². The summed E-state index contributed by atoms with van der Waals surface area (Å²) in [5.41, 5.74) is 1.45. The molecule has 7 nitrogen and oxygen atoms in total. The number of nitrogens with zero attached hydrogens (tertiary/aromatic N) is 6. The molecule has 0 aliphatic carbocycles. The van der Waals surface area contributed by atoms with Crippen LogP contribution in [0.15, 0.2) is 54.7 Å². The van der Waals surface area contributed by atoms with Crippen LogP contribution >= 0.6 is 0 Å². The van der Waals surface area contributed by atoms with Crippen LogP contribution in [0.5, 0.6) is 0 Å². The molecule has 7 heteroatoms. The van der Waals surface area contributed by atoms with Gasteiger partial charge in [-0.15, -0.1) is 0 Å². The molecule has 1 aliphatic heterocycles. The molecule has 3 heterocycles. The zero-order chi connectivity index (χ0) is 19.3. The Morgan fingerprint density at radius 3 is 2.43 bits per heavy atom. The van der Waals surface area contributed by atoms with Crippen LogP contribution in [0.25, 0.3) is 0 Å². The number of piperazine rings is 1. The number of anilines is 4. The fraction of sp³-hybridized carbons (Fsp3) is 0.238. The van der Waals surface area contributed by atoms with Crippen molar-refractivity contribution in [3.05, 3.63) is 66.1 Å². The lowest BCUT2D eigenvalue weighted by Crippen LogP contribution is -2.47. The largest absolute Gasteiger partial charge is 0.353 e. The second-order valence-corrected chi connectivity index (χ2v) is 6.64. The molecule has 1 saturated heterocycles. The first-order valence-corrected chi connectivity index (χ1v) is 9.25. The van der Waals surface area contributed by atoms with E-state index in [-0.39, 0.29) is 0 Å². The molecule has 1 N–H and O–H groups in total. The van der Waals surface area contributed by atoms with Crippen LogP contribution in [0.4, 0.5) is 23.1 Å². The number of hydrogen-bond acceptors (Lipinski definition) is 7. The standard InChI is InChI=1S/C21H21N7/c1-16-24-19(26-18-6-4-5-17(13-18)15-22)14-21(25-16)28-11-9-27(10-12-28)20-7-2-3-8-23-20/h2-8,13-14H,9-12H2,1H3,(H,24,25,26). The summed E-state index contributed by atoms with van der Waals surface area (Å²) in [6.45, 7) is 5.43. The minimum atomic E-state index is 0.613. The first-order valence-electron chi connectivity index (χ1n) is 9.25. The second-order valence-electron chi connectivity index (χ2n) is 6.64. The quantitative estimate of drug-likeness (QED) is 0.754. The van der Waals surface area contributed by atoms with Crippen molar-refractivity contribution in [2.24, 2.45) is 0 Å². The highest BCUT2D eigenvalue weighted by molar-refractivity contribution is 5.61. The van der Waals surface area contributed by atoms with E-state index in [1.54, 1.807) is 6.07 Å². The van der Waals surface area contributed by atoms with Crippen LogP contribution in [-0.2, 0) is 0 Å². The number of pyridine rings is 1. The van der Waals surface area contributed by atoms with Crippen LogP contribution in [0, 0.1) is 18.3 Å². The lowest BCUT2D eigenvalue weighted by Gasteiger charge is -2.36. The van der Waals surface area contributed by atoms with Crippen molar-refractivity contribution in [2.75, 3.05) is 41.3 Å². The van der Waals surface area contributed by atoms with Crippen LogP contribution < -0.4 is 15.1 Å². The lowest BCUT2D eigenvalue weighted by molar-refractivity contribution is 0.640. The normalized spacial score (nSPS) is 13.9. The number of nitrogens with one attached hydrogen (secondary N) is 1. The highest BCUT2D eigenvalue weighted by atomic mass is 15.3. The third-order valence-corrected chi connectivity index (χ3v) is 4.67. The second kappa shape index (κ2) is 7.92. The van der Waals surface area contributed by atoms with Gasteiger partial charge in [0.25, 0.3) is 0 Å². The Morgan fingerprint density at radius 1 is 0.929 bits per heavy atom. The van der Waals surface area contributed by atoms with Crippen LogP contribution in [0.2, 0.25) is 0 Å². The molecule has 2 aromatic heterocycles. The van der Waals surface area contributed by atoms with Crippen molar-refractivity contribution >= 4 is 23.1 Å². The molecule has 28 heavy (non-hydrogen) atoms. The number of hydrogen-bond donors (Lipinski definition) is 1. The summed E-state index contributed by atoms with van der Waals surface area (Å²) in [4.78, 5) is 18.1. The maximum absolute atomic E-state index is 9.07. The summed E-state index contributed by atoms with van der Waals surface area (Å²) < 4.78 is 0. The van der Waals surface area contributed by atoms with Gasteiger partial charge in [0, 0.05) is 44.1 Å². The number of aromatic nitrogens is 3. The zero-order valence-electron chi connectivity index (χ0n) is 15.7. The number of aryl methyl sites for hydroxylation is 1. The topological polar surface area (TPSA) is 81.0 Å². The molecule has 0 saturated carbocycles. The predicted octanol–water partition coefficient (Wildman–Crippen LogP) is 3.12. The number of rotatable bonds is 4. The first kappa shape index (κ1) is 17.7. The van der Waals surface area contributed by atoms with Crippen molar-refractivity contribution in [1.82, 2.24) is 15.0 Å². The van der Waals surface area contributed by atoms with E-state index in [0.29, 0.717) is 11.4 Å². The van der Waals surface area contributed by atoms with Gasteiger partial charge in [0.05, 0.1) is 11.6 Å². The fourth-order valence-electron chi connectivity index (χ4n) is 3.30. The van der Waals surface area contributed by atoms with E-state index < -0.39 is 0 Å². The SMILES string of the molecule is Cc1nc(Nc2cccc(C#N)c2)cc(N2CCN(c3ccccn3)CC2)n1. The van der Waals surface area contributed by atoms with E-state index in [1.807, 2.05) is 55.6 Å². The molecule has 0 amide bonds. The van der Waals surface area contributed by atoms with E-state index >= 15 is 0 Å². The average Bonchev–Trinajstić information content (AvgIpc) is 2.74. The van der Waals surface area contributed by atoms with Gasteiger partial charge in [0.2, 0.25) is 0 Å². The van der Waals surface area contributed by atoms with E-state index in [4.69, 9.17) is 5.26 Å². The summed E-state index contributed by atoms with van der Waals surface area (Å²) >= 11 is 0. The van der Waals surface area contributed by atoms with Crippen LogP contribution in [-0.4, -0.2) is 41.1 Å². The van der Waals surface area contributed by atoms with Crippen LogP contribution in [0.3, 0.4) is 0 Å². The summed E-state index contributed by atoms with van der Waals surface area (Å²) in [7, 11) is 0. The predicted molar refractivity (Wildman–Crippen MR) is 110 cm³/mol. The van der Waals surface area contributed by atoms with Crippen molar-refractivity contribution in [1.29, 1.82) is 5.26 Å². The van der Waals surface area contributed by atoms with Gasteiger partial charge >= 0.3 is 0 Å². The number of benzene rings is 1. The molecule has 4 rings (SSSR count). The van der Waals surface area contributed by atoms with Crippen molar-refractivity contribution in [2.45, 2.75) is 6.92 Å². The third kappa shape index (κ3) is 4.01. The van der Waals surface area contributed by atoms with Crippen LogP contribution in [0.1, 0.15) is 11.4 Å². The van der Waals surface area contributed by atoms with Gasteiger partial charge in [-0.3, -0.25) is 0 Å². The van der Waals surface area contributed by atoms with Gasteiger partial charge in [-0.25, -0.2) is 15.0 Å². The molecule has 3 aromatic rings. The highest BCUT2D eigenvalue weighted by Crippen LogP contribution is 2.22. The molecule has 0 atom stereocenters. The maximum Gasteiger partial charge on any atom is 0.136 e. The van der Waals surface area contributed by atoms with E-state index in [0.717, 1.165) is 49.3 Å². The monoisotopic (exact) mass is 371 g/mol. The summed E-state index contributed by atoms with van der Waals surface area (Å²) in [6, 6.07) is 17.5. The van der Waals surface area contributed by atoms with E-state index in [1.165, 1.54) is 0 Å². The Bertz CT molecular complexity index is 989. The first-order chi connectivity index (χ1) is 13.7. The highest BCUT2D eigenvalue weighted by Gasteiger charge is 2.19. The fourth-order valence-corrected chi connectivity index (χ4v) is 3.30. The lowest BCUT2D eigenvalue weighted by atomic mass is 10.2. The molecular formula is C21H21N7. The van der Waals surface area contributed by atoms with E-state index in [2.05, 4.69) is 36.1 Å². The summed E-state index contributed by atoms with van der Waals surface area (Å²) in [6.07, 6.45) is 1.83. The molecule has 140 valence electrons. The summed E-state index contributed by atoms with van der Waals surface area (Å²) in [5, 5.41) is 12.4. The van der Waals surface area contributed by atoms with Crippen molar-refractivity contribution < 1.29 is 0 Å². The van der Waals surface area contributed by atoms with Gasteiger partial charge in [-0.05, 0) is 37.3 Å². The minimum Gasteiger partial charge on any atom is -0.353 e. The van der Waals surface area contributed by atoms with Gasteiger partial charge < -0.3 is 15.1 Å². The molecule has 0 radical (unpaired) electrons. The molecular weight excluding hydrogens is 350 g/mol. The third-order valence-electron chi connectivity index (χ3n) is 4.67. The molecule has 0 bridgehead atoms. The molecule has 1 aliphatic rings. The Balaban J connectivity index is 1.48.